The van der Waals surface area contributed by atoms with Crippen LogP contribution in [0.1, 0.15) is 53.4 Å². The molecule has 104 valence electrons. The molecular weight excluding hydrogens is 228 g/mol. The topological polar surface area (TPSA) is 73.1 Å². The summed E-state index contributed by atoms with van der Waals surface area (Å²) in [6.45, 7) is 8.55. The molecule has 0 aliphatic carbocycles. The quantitative estimate of drug-likeness (QED) is 0.663. The third kappa shape index (κ3) is 8.08. The second kappa shape index (κ2) is 8.10. The van der Waals surface area contributed by atoms with E-state index in [0.717, 1.165) is 32.2 Å². The van der Waals surface area contributed by atoms with Gasteiger partial charge in [0.25, 0.3) is 0 Å². The summed E-state index contributed by atoms with van der Waals surface area (Å²) in [7, 11) is 0. The van der Waals surface area contributed by atoms with Crippen molar-refractivity contribution in [1.82, 2.24) is 5.32 Å². The Bertz CT molecular complexity index is 295. The lowest BCUT2D eigenvalue weighted by Crippen LogP contribution is -2.29. The summed E-state index contributed by atoms with van der Waals surface area (Å²) in [6, 6.07) is 2.66. The number of aliphatic carboxylic acids is 1. The highest BCUT2D eigenvalue weighted by Gasteiger charge is 2.16. The number of carbonyl (C=O) groups is 1. The molecule has 0 aliphatic heterocycles. The molecule has 0 heterocycles. The fraction of sp³-hybridized carbons (Fsp3) is 0.857. The zero-order valence-electron chi connectivity index (χ0n) is 12.0. The Morgan fingerprint density at radius 1 is 1.39 bits per heavy atom. The van der Waals surface area contributed by atoms with Crippen molar-refractivity contribution in [2.24, 2.45) is 11.3 Å². The molecule has 0 spiro atoms. The molecule has 2 N–H and O–H groups in total. The average Bonchev–Trinajstić information content (AvgIpc) is 2.28. The lowest BCUT2D eigenvalue weighted by Gasteiger charge is -2.18. The Balaban J connectivity index is 3.64. The molecule has 0 aromatic carbocycles. The van der Waals surface area contributed by atoms with Crippen molar-refractivity contribution in [3.63, 3.8) is 0 Å². The lowest BCUT2D eigenvalue weighted by molar-refractivity contribution is -0.141. The average molecular weight is 254 g/mol. The van der Waals surface area contributed by atoms with Crippen LogP contribution in [0.25, 0.3) is 0 Å². The first-order valence-corrected chi connectivity index (χ1v) is 6.66. The summed E-state index contributed by atoms with van der Waals surface area (Å²) >= 11 is 0. The predicted octanol–water partition coefficient (Wildman–Crippen LogP) is 2.80. The third-order valence-corrected chi connectivity index (χ3v) is 3.24. The van der Waals surface area contributed by atoms with Crippen molar-refractivity contribution >= 4 is 5.97 Å². The fourth-order valence-corrected chi connectivity index (χ4v) is 1.64. The van der Waals surface area contributed by atoms with E-state index in [-0.39, 0.29) is 11.3 Å². The van der Waals surface area contributed by atoms with Gasteiger partial charge in [-0.3, -0.25) is 4.79 Å². The first kappa shape index (κ1) is 16.9. The Kier molecular flexibility index (Phi) is 7.61. The van der Waals surface area contributed by atoms with Crippen LogP contribution in [0.3, 0.4) is 0 Å². The van der Waals surface area contributed by atoms with Gasteiger partial charge in [-0.15, -0.1) is 0 Å². The van der Waals surface area contributed by atoms with Crippen LogP contribution in [-0.2, 0) is 4.79 Å². The highest BCUT2D eigenvalue weighted by molar-refractivity contribution is 5.69. The van der Waals surface area contributed by atoms with Crippen LogP contribution in [0.15, 0.2) is 0 Å². The van der Waals surface area contributed by atoms with Crippen LogP contribution in [0, 0.1) is 22.7 Å². The molecule has 0 amide bonds. The van der Waals surface area contributed by atoms with E-state index in [2.05, 4.69) is 18.3 Å². The van der Waals surface area contributed by atoms with Gasteiger partial charge in [-0.25, -0.2) is 0 Å². The molecule has 0 aromatic heterocycles. The molecule has 0 saturated carbocycles. The molecule has 4 nitrogen and oxygen atoms in total. The number of rotatable bonds is 9. The molecule has 0 rings (SSSR count). The molecule has 0 fully saturated rings. The Labute approximate surface area is 110 Å². The van der Waals surface area contributed by atoms with Crippen molar-refractivity contribution in [1.29, 1.82) is 5.26 Å². The summed E-state index contributed by atoms with van der Waals surface area (Å²) < 4.78 is 0. The van der Waals surface area contributed by atoms with Gasteiger partial charge >= 0.3 is 5.97 Å². The van der Waals surface area contributed by atoms with Crippen LogP contribution in [0.2, 0.25) is 0 Å². The second-order valence-corrected chi connectivity index (χ2v) is 5.77. The Morgan fingerprint density at radius 2 is 2.00 bits per heavy atom. The predicted molar refractivity (Wildman–Crippen MR) is 72.1 cm³/mol. The molecule has 0 bridgehead atoms. The van der Waals surface area contributed by atoms with Crippen molar-refractivity contribution in [3.05, 3.63) is 0 Å². The van der Waals surface area contributed by atoms with E-state index in [1.165, 1.54) is 0 Å². The summed E-state index contributed by atoms with van der Waals surface area (Å²) in [5.74, 6) is -0.971. The van der Waals surface area contributed by atoms with E-state index in [1.54, 1.807) is 6.92 Å². The summed E-state index contributed by atoms with van der Waals surface area (Å²) in [6.07, 6.45) is 3.46. The van der Waals surface area contributed by atoms with E-state index in [9.17, 15) is 4.79 Å². The Morgan fingerprint density at radius 3 is 2.50 bits per heavy atom. The SMILES string of the molecule is CC(CCCC(C)C(=O)O)NCCC(C)(C)C#N. The zero-order chi connectivity index (χ0) is 14.2. The molecule has 0 radical (unpaired) electrons. The van der Waals surface area contributed by atoms with Crippen LogP contribution in [0.5, 0.6) is 0 Å². The van der Waals surface area contributed by atoms with Crippen LogP contribution in [0.4, 0.5) is 0 Å². The van der Waals surface area contributed by atoms with E-state index in [0.29, 0.717) is 6.04 Å². The fourth-order valence-electron chi connectivity index (χ4n) is 1.64. The highest BCUT2D eigenvalue weighted by Crippen LogP contribution is 2.17. The number of nitriles is 1. The molecule has 0 saturated heterocycles. The van der Waals surface area contributed by atoms with Gasteiger partial charge in [0.2, 0.25) is 0 Å². The molecular formula is C14H26N2O2. The standard InChI is InChI=1S/C14H26N2O2/c1-11(13(17)18)6-5-7-12(2)16-9-8-14(3,4)10-15/h11-12,16H,5-9H2,1-4H3,(H,17,18). The maximum Gasteiger partial charge on any atom is 0.306 e. The maximum absolute atomic E-state index is 10.6. The van der Waals surface area contributed by atoms with Gasteiger partial charge in [0, 0.05) is 6.04 Å². The molecule has 0 aliphatic rings. The summed E-state index contributed by atoms with van der Waals surface area (Å²) in [4.78, 5) is 10.6. The van der Waals surface area contributed by atoms with Gasteiger partial charge in [-0.1, -0.05) is 13.3 Å². The van der Waals surface area contributed by atoms with Crippen LogP contribution >= 0.6 is 0 Å². The first-order chi connectivity index (χ1) is 8.28. The van der Waals surface area contributed by atoms with Crippen LogP contribution in [-0.4, -0.2) is 23.7 Å². The number of hydrogen-bond acceptors (Lipinski definition) is 3. The number of carboxylic acid groups (broad SMARTS) is 1. The van der Waals surface area contributed by atoms with Gasteiger partial charge < -0.3 is 10.4 Å². The second-order valence-electron chi connectivity index (χ2n) is 5.77. The van der Waals surface area contributed by atoms with Crippen molar-refractivity contribution < 1.29 is 9.90 Å². The maximum atomic E-state index is 10.6. The molecule has 0 aromatic rings. The van der Waals surface area contributed by atoms with E-state index >= 15 is 0 Å². The monoisotopic (exact) mass is 254 g/mol. The van der Waals surface area contributed by atoms with Gasteiger partial charge in [0.1, 0.15) is 0 Å². The minimum atomic E-state index is -0.716. The van der Waals surface area contributed by atoms with Gasteiger partial charge in [-0.05, 0) is 46.6 Å². The van der Waals surface area contributed by atoms with Crippen LogP contribution < -0.4 is 5.32 Å². The Hall–Kier alpha value is -1.08. The van der Waals surface area contributed by atoms with Crippen molar-refractivity contribution in [2.45, 2.75) is 59.4 Å². The number of nitrogens with zero attached hydrogens (tertiary/aromatic N) is 1. The van der Waals surface area contributed by atoms with Crippen molar-refractivity contribution in [2.75, 3.05) is 6.54 Å². The van der Waals surface area contributed by atoms with E-state index in [1.807, 2.05) is 13.8 Å². The van der Waals surface area contributed by atoms with E-state index < -0.39 is 5.97 Å². The summed E-state index contributed by atoms with van der Waals surface area (Å²) in [5.41, 5.74) is -0.273. The first-order valence-electron chi connectivity index (χ1n) is 6.66. The minimum Gasteiger partial charge on any atom is -0.481 e. The zero-order valence-corrected chi connectivity index (χ0v) is 12.0. The van der Waals surface area contributed by atoms with Gasteiger partial charge in [-0.2, -0.15) is 5.26 Å². The smallest absolute Gasteiger partial charge is 0.306 e. The number of hydrogen-bond donors (Lipinski definition) is 2. The normalized spacial score (nSPS) is 14.8. The lowest BCUT2D eigenvalue weighted by atomic mass is 9.91. The number of nitrogens with one attached hydrogen (secondary N) is 1. The highest BCUT2D eigenvalue weighted by atomic mass is 16.4. The summed E-state index contributed by atoms with van der Waals surface area (Å²) in [5, 5.41) is 21.0. The van der Waals surface area contributed by atoms with E-state index in [4.69, 9.17) is 10.4 Å². The number of carboxylic acids is 1. The minimum absolute atomic E-state index is 0.255. The molecule has 4 heteroatoms. The van der Waals surface area contributed by atoms with Gasteiger partial charge in [0.15, 0.2) is 0 Å². The molecule has 2 atom stereocenters. The van der Waals surface area contributed by atoms with Crippen molar-refractivity contribution in [3.8, 4) is 6.07 Å². The third-order valence-electron chi connectivity index (χ3n) is 3.24. The van der Waals surface area contributed by atoms with Gasteiger partial charge in [0.05, 0.1) is 17.4 Å². The largest absolute Gasteiger partial charge is 0.481 e. The molecule has 2 unspecified atom stereocenters. The molecule has 18 heavy (non-hydrogen) atoms.